The first-order valence-corrected chi connectivity index (χ1v) is 10.8. The van der Waals surface area contributed by atoms with Gasteiger partial charge in [-0.3, -0.25) is 0 Å². The summed E-state index contributed by atoms with van der Waals surface area (Å²) in [5.74, 6) is 0.500. The molecule has 0 aromatic heterocycles. The van der Waals surface area contributed by atoms with Crippen LogP contribution in [0.25, 0.3) is 0 Å². The number of ether oxygens (including phenoxy) is 1. The number of alkyl halides is 1. The largest absolute Gasteiger partial charge is 0.482 e. The molecular weight excluding hydrogens is 473 g/mol. The van der Waals surface area contributed by atoms with E-state index in [4.69, 9.17) is 4.74 Å². The predicted octanol–water partition coefficient (Wildman–Crippen LogP) is 1.95. The van der Waals surface area contributed by atoms with Gasteiger partial charge in [0, 0.05) is 0 Å². The van der Waals surface area contributed by atoms with Gasteiger partial charge in [-0.2, -0.15) is 3.71 Å². The Morgan fingerprint density at radius 1 is 1.21 bits per heavy atom. The topological polar surface area (TPSA) is 80.8 Å². The van der Waals surface area contributed by atoms with Gasteiger partial charge >= 0.3 is 0 Å². The molecule has 6 nitrogen and oxygen atoms in total. The molecule has 0 aliphatic carbocycles. The number of nitrogens with zero attached hydrogens (tertiary/aromatic N) is 1. The number of hydrogen-bond donors (Lipinski definition) is 0. The Kier molecular flexibility index (Phi) is 5.49. The maximum atomic E-state index is 11.6. The van der Waals surface area contributed by atoms with Crippen LogP contribution in [0.3, 0.4) is 0 Å². The summed E-state index contributed by atoms with van der Waals surface area (Å²) in [6, 6.07) is 4.25. The maximum absolute atomic E-state index is 11.6. The van der Waals surface area contributed by atoms with Gasteiger partial charge in [0.25, 0.3) is 0 Å². The van der Waals surface area contributed by atoms with Gasteiger partial charge in [0.1, 0.15) is 10.4 Å². The normalized spacial score (nSPS) is 12.2. The van der Waals surface area contributed by atoms with Crippen molar-refractivity contribution in [3.05, 3.63) is 22.7 Å². The molecular formula is C9H11BrINO5S2. The molecule has 0 saturated carbocycles. The SMILES string of the molecule is CS(=O)(=O)N(c1ccc(OCI)c(Br)c1)S(C)(=O)=O. The average molecular weight is 484 g/mol. The molecule has 0 heterocycles. The molecule has 108 valence electrons. The van der Waals surface area contributed by atoms with E-state index >= 15 is 0 Å². The Morgan fingerprint density at radius 3 is 2.11 bits per heavy atom. The minimum atomic E-state index is -3.94. The molecule has 1 aromatic rings. The second kappa shape index (κ2) is 6.14. The van der Waals surface area contributed by atoms with E-state index in [0.717, 1.165) is 12.5 Å². The van der Waals surface area contributed by atoms with Crippen LogP contribution in [0.1, 0.15) is 0 Å². The zero-order valence-electron chi connectivity index (χ0n) is 10.0. The van der Waals surface area contributed by atoms with Gasteiger partial charge in [-0.05, 0) is 56.7 Å². The predicted molar refractivity (Wildman–Crippen MR) is 85.8 cm³/mol. The summed E-state index contributed by atoms with van der Waals surface area (Å²) in [4.78, 5) is 0. The van der Waals surface area contributed by atoms with Crippen LogP contribution in [-0.4, -0.2) is 34.0 Å². The van der Waals surface area contributed by atoms with E-state index in [9.17, 15) is 16.8 Å². The average Bonchev–Trinajstić information content (AvgIpc) is 2.18. The van der Waals surface area contributed by atoms with Gasteiger partial charge < -0.3 is 4.74 Å². The van der Waals surface area contributed by atoms with Gasteiger partial charge in [0.2, 0.25) is 20.0 Å². The highest BCUT2D eigenvalue weighted by Crippen LogP contribution is 2.32. The van der Waals surface area contributed by atoms with Crippen molar-refractivity contribution < 1.29 is 21.6 Å². The lowest BCUT2D eigenvalue weighted by molar-refractivity contribution is 0.402. The summed E-state index contributed by atoms with van der Waals surface area (Å²) in [7, 11) is -7.87. The molecule has 0 amide bonds. The minimum absolute atomic E-state index is 0.0256. The molecule has 0 radical (unpaired) electrons. The third-order valence-corrected chi connectivity index (χ3v) is 6.12. The molecule has 0 bridgehead atoms. The standard InChI is InChI=1S/C9H11BrINO5S2/c1-18(13,14)12(19(2,15)16)7-3-4-9(17-6-11)8(10)5-7/h3-5H,6H2,1-2H3. The van der Waals surface area contributed by atoms with Gasteiger partial charge in [0.15, 0.2) is 0 Å². The van der Waals surface area contributed by atoms with Crippen molar-refractivity contribution in [2.24, 2.45) is 0 Å². The third-order valence-electron chi connectivity index (χ3n) is 1.94. The first-order chi connectivity index (χ1) is 8.57. The second-order valence-electron chi connectivity index (χ2n) is 3.59. The Morgan fingerprint density at radius 2 is 1.74 bits per heavy atom. The molecule has 0 saturated heterocycles. The minimum Gasteiger partial charge on any atom is -0.482 e. The highest BCUT2D eigenvalue weighted by atomic mass is 127. The molecule has 0 unspecified atom stereocenters. The first-order valence-electron chi connectivity index (χ1n) is 4.76. The van der Waals surface area contributed by atoms with E-state index in [2.05, 4.69) is 15.9 Å². The van der Waals surface area contributed by atoms with E-state index in [1.165, 1.54) is 18.2 Å². The summed E-state index contributed by atoms with van der Waals surface area (Å²) >= 11 is 5.22. The van der Waals surface area contributed by atoms with Gasteiger partial charge in [-0.15, -0.1) is 0 Å². The van der Waals surface area contributed by atoms with Crippen molar-refractivity contribution in [3.63, 3.8) is 0 Å². The lowest BCUT2D eigenvalue weighted by Crippen LogP contribution is -2.35. The van der Waals surface area contributed by atoms with E-state index < -0.39 is 20.0 Å². The number of halogens is 2. The maximum Gasteiger partial charge on any atom is 0.245 e. The smallest absolute Gasteiger partial charge is 0.245 e. The molecule has 10 heteroatoms. The summed E-state index contributed by atoms with van der Waals surface area (Å²) in [6.45, 7) is 0. The lowest BCUT2D eigenvalue weighted by atomic mass is 10.3. The van der Waals surface area contributed by atoms with Crippen molar-refractivity contribution in [1.82, 2.24) is 0 Å². The van der Waals surface area contributed by atoms with Crippen LogP contribution in [0.2, 0.25) is 0 Å². The Balaban J connectivity index is 3.39. The number of anilines is 1. The number of sulfonamides is 2. The fraction of sp³-hybridized carbons (Fsp3) is 0.333. The van der Waals surface area contributed by atoms with Crippen LogP contribution in [0, 0.1) is 0 Å². The van der Waals surface area contributed by atoms with E-state index in [0.29, 0.717) is 18.5 Å². The zero-order valence-corrected chi connectivity index (χ0v) is 15.4. The summed E-state index contributed by atoms with van der Waals surface area (Å²) in [5, 5.41) is 0. The second-order valence-corrected chi connectivity index (χ2v) is 8.96. The molecule has 1 rings (SSSR count). The Labute approximate surface area is 134 Å². The Bertz CT molecular complexity index is 642. The molecule has 0 spiro atoms. The van der Waals surface area contributed by atoms with Crippen LogP contribution < -0.4 is 8.45 Å². The third kappa shape index (κ3) is 4.46. The highest BCUT2D eigenvalue weighted by molar-refractivity contribution is 14.1. The van der Waals surface area contributed by atoms with Crippen molar-refractivity contribution in [2.45, 2.75) is 0 Å². The zero-order chi connectivity index (χ0) is 14.8. The summed E-state index contributed by atoms with van der Waals surface area (Å²) < 4.78 is 52.9. The molecule has 0 atom stereocenters. The van der Waals surface area contributed by atoms with Gasteiger partial charge in [-0.1, -0.05) is 0 Å². The van der Waals surface area contributed by atoms with Crippen LogP contribution in [0.4, 0.5) is 5.69 Å². The lowest BCUT2D eigenvalue weighted by Gasteiger charge is -2.20. The molecule has 0 fully saturated rings. The number of benzene rings is 1. The fourth-order valence-corrected chi connectivity index (χ4v) is 5.19. The monoisotopic (exact) mass is 483 g/mol. The molecule has 1 aromatic carbocycles. The number of hydrogen-bond acceptors (Lipinski definition) is 5. The van der Waals surface area contributed by atoms with Crippen molar-refractivity contribution >= 4 is 64.3 Å². The van der Waals surface area contributed by atoms with Crippen LogP contribution in [-0.2, 0) is 20.0 Å². The van der Waals surface area contributed by atoms with Gasteiger partial charge in [0.05, 0.1) is 22.7 Å². The quantitative estimate of drug-likeness (QED) is 0.472. The van der Waals surface area contributed by atoms with Crippen molar-refractivity contribution in [1.29, 1.82) is 0 Å². The molecule has 19 heavy (non-hydrogen) atoms. The van der Waals surface area contributed by atoms with E-state index in [1.807, 2.05) is 22.6 Å². The molecule has 0 N–H and O–H groups in total. The Hall–Kier alpha value is -0.0700. The first kappa shape index (κ1) is 17.0. The van der Waals surface area contributed by atoms with Crippen molar-refractivity contribution in [3.8, 4) is 5.75 Å². The summed E-state index contributed by atoms with van der Waals surface area (Å²) in [6.07, 6.45) is 1.66. The fourth-order valence-electron chi connectivity index (χ4n) is 1.41. The summed E-state index contributed by atoms with van der Waals surface area (Å²) in [5.41, 5.74) is 0.0256. The molecule has 0 aliphatic heterocycles. The number of rotatable bonds is 5. The highest BCUT2D eigenvalue weighted by Gasteiger charge is 2.27. The van der Waals surface area contributed by atoms with E-state index in [-0.39, 0.29) is 5.69 Å². The van der Waals surface area contributed by atoms with E-state index in [1.54, 1.807) is 0 Å². The van der Waals surface area contributed by atoms with Crippen LogP contribution in [0.5, 0.6) is 5.75 Å². The van der Waals surface area contributed by atoms with Crippen LogP contribution in [0.15, 0.2) is 22.7 Å². The van der Waals surface area contributed by atoms with Crippen LogP contribution >= 0.6 is 38.5 Å². The van der Waals surface area contributed by atoms with Gasteiger partial charge in [-0.25, -0.2) is 16.8 Å². The molecule has 0 aliphatic rings. The van der Waals surface area contributed by atoms with Crippen molar-refractivity contribution in [2.75, 3.05) is 20.8 Å².